The molecule has 12 heteroatoms. The van der Waals surface area contributed by atoms with Crippen molar-refractivity contribution in [2.45, 2.75) is 6.54 Å². The number of pyridine rings is 1. The molecule has 3 aromatic heterocycles. The fraction of sp³-hybridized carbons (Fsp3) is 0.120. The van der Waals surface area contributed by atoms with Crippen LogP contribution in [0.25, 0.3) is 11.2 Å². The largest absolute Gasteiger partial charge is 0.438 e. The molecule has 37 heavy (non-hydrogen) atoms. The Kier molecular flexibility index (Phi) is 6.45. The summed E-state index contributed by atoms with van der Waals surface area (Å²) < 4.78 is 29.8. The summed E-state index contributed by atoms with van der Waals surface area (Å²) in [7, 11) is 2.86. The van der Waals surface area contributed by atoms with Crippen molar-refractivity contribution >= 4 is 34.4 Å². The highest BCUT2D eigenvalue weighted by atomic mass is 35.5. The zero-order chi connectivity index (χ0) is 26.3. The van der Waals surface area contributed by atoms with Crippen molar-refractivity contribution in [3.05, 3.63) is 103 Å². The highest BCUT2D eigenvalue weighted by Gasteiger charge is 2.21. The van der Waals surface area contributed by atoms with E-state index in [-0.39, 0.29) is 34.6 Å². The van der Waals surface area contributed by atoms with Crippen LogP contribution in [0.1, 0.15) is 5.56 Å². The number of nitrogens with zero attached hydrogens (tertiary/aromatic N) is 5. The second-order valence-electron chi connectivity index (χ2n) is 8.07. The molecule has 0 saturated heterocycles. The van der Waals surface area contributed by atoms with Crippen LogP contribution >= 0.6 is 23.2 Å². The van der Waals surface area contributed by atoms with Gasteiger partial charge < -0.3 is 9.47 Å². The third-order valence-electron chi connectivity index (χ3n) is 5.62. The molecule has 0 atom stereocenters. The first kappa shape index (κ1) is 24.5. The van der Waals surface area contributed by atoms with E-state index in [9.17, 15) is 14.0 Å². The zero-order valence-corrected chi connectivity index (χ0v) is 21.0. The van der Waals surface area contributed by atoms with Gasteiger partial charge in [0.15, 0.2) is 11.2 Å². The summed E-state index contributed by atoms with van der Waals surface area (Å²) in [6.07, 6.45) is 1.41. The third kappa shape index (κ3) is 4.68. The van der Waals surface area contributed by atoms with Crippen LogP contribution < -0.4 is 20.7 Å². The Bertz CT molecular complexity index is 1760. The molecule has 0 radical (unpaired) electrons. The van der Waals surface area contributed by atoms with Gasteiger partial charge in [0.2, 0.25) is 5.88 Å². The van der Waals surface area contributed by atoms with Gasteiger partial charge in [0, 0.05) is 25.9 Å². The van der Waals surface area contributed by atoms with Gasteiger partial charge in [-0.15, -0.1) is 0 Å². The van der Waals surface area contributed by atoms with Crippen molar-refractivity contribution in [2.24, 2.45) is 14.1 Å². The number of rotatable bonds is 6. The SMILES string of the molecule is Cn1c(=O)c2c(nc(Oc3ccc(Oc4ncc(Cl)cc4Cl)cc3)n2Cc2ccccc2F)n(C)c1=O. The van der Waals surface area contributed by atoms with Crippen molar-refractivity contribution in [2.75, 3.05) is 0 Å². The minimum absolute atomic E-state index is 0.00707. The lowest BCUT2D eigenvalue weighted by atomic mass is 10.2. The minimum Gasteiger partial charge on any atom is -0.438 e. The normalized spacial score (nSPS) is 11.2. The van der Waals surface area contributed by atoms with Crippen LogP contribution in [0.4, 0.5) is 4.39 Å². The highest BCUT2D eigenvalue weighted by molar-refractivity contribution is 6.35. The van der Waals surface area contributed by atoms with Crippen LogP contribution in [0.2, 0.25) is 10.0 Å². The summed E-state index contributed by atoms with van der Waals surface area (Å²) in [5, 5.41) is 0.633. The first-order chi connectivity index (χ1) is 17.7. The van der Waals surface area contributed by atoms with E-state index >= 15 is 0 Å². The number of ether oxygens (including phenoxy) is 2. The average molecular weight is 542 g/mol. The highest BCUT2D eigenvalue weighted by Crippen LogP contribution is 2.31. The van der Waals surface area contributed by atoms with Crippen LogP contribution in [0.15, 0.2) is 70.4 Å². The molecule has 2 aromatic carbocycles. The number of aromatic nitrogens is 5. The summed E-state index contributed by atoms with van der Waals surface area (Å²) in [6.45, 7) is -0.0477. The Balaban J connectivity index is 1.53. The average Bonchev–Trinajstić information content (AvgIpc) is 3.23. The van der Waals surface area contributed by atoms with E-state index < -0.39 is 17.1 Å². The summed E-state index contributed by atoms with van der Waals surface area (Å²) >= 11 is 12.0. The Morgan fingerprint density at radius 1 is 0.946 bits per heavy atom. The van der Waals surface area contributed by atoms with E-state index in [0.717, 1.165) is 4.57 Å². The van der Waals surface area contributed by atoms with Crippen molar-refractivity contribution < 1.29 is 13.9 Å². The van der Waals surface area contributed by atoms with Crippen LogP contribution in [0, 0.1) is 5.82 Å². The van der Waals surface area contributed by atoms with Crippen molar-refractivity contribution in [1.29, 1.82) is 0 Å². The van der Waals surface area contributed by atoms with Crippen LogP contribution in [-0.4, -0.2) is 23.7 Å². The molecule has 5 rings (SSSR count). The van der Waals surface area contributed by atoms with E-state index in [0.29, 0.717) is 22.1 Å². The first-order valence-corrected chi connectivity index (χ1v) is 11.6. The standard InChI is InChI=1S/C25H18Cl2FN5O4/c1-31-21-20(23(34)32(2)25(31)35)33(13-14-5-3-4-6-19(14)28)24(30-21)37-17-9-7-16(8-10-17)36-22-18(27)11-15(26)12-29-22/h3-12H,13H2,1-2H3. The van der Waals surface area contributed by atoms with Crippen molar-refractivity contribution in [3.8, 4) is 23.4 Å². The van der Waals surface area contributed by atoms with Gasteiger partial charge in [-0.25, -0.2) is 14.2 Å². The quantitative estimate of drug-likeness (QED) is 0.303. The number of aryl methyl sites for hydroxylation is 1. The molecule has 9 nitrogen and oxygen atoms in total. The van der Waals surface area contributed by atoms with Gasteiger partial charge in [0.1, 0.15) is 22.3 Å². The maximum Gasteiger partial charge on any atom is 0.332 e. The topological polar surface area (TPSA) is 93.2 Å². The molecule has 0 fully saturated rings. The third-order valence-corrected chi connectivity index (χ3v) is 6.10. The number of benzene rings is 2. The molecule has 0 aliphatic rings. The van der Waals surface area contributed by atoms with E-state index in [4.69, 9.17) is 32.7 Å². The molecule has 188 valence electrons. The minimum atomic E-state index is -0.576. The lowest BCUT2D eigenvalue weighted by Crippen LogP contribution is -2.37. The molecule has 0 aliphatic heterocycles. The van der Waals surface area contributed by atoms with Crippen LogP contribution in [-0.2, 0) is 20.6 Å². The second kappa shape index (κ2) is 9.72. The van der Waals surface area contributed by atoms with Gasteiger partial charge in [-0.05, 0) is 36.4 Å². The number of hydrogen-bond donors (Lipinski definition) is 0. The Morgan fingerprint density at radius 2 is 1.62 bits per heavy atom. The van der Waals surface area contributed by atoms with Crippen LogP contribution in [0.3, 0.4) is 0 Å². The lowest BCUT2D eigenvalue weighted by Gasteiger charge is -2.11. The smallest absolute Gasteiger partial charge is 0.332 e. The number of imidazole rings is 1. The van der Waals surface area contributed by atoms with Gasteiger partial charge >= 0.3 is 11.7 Å². The molecule has 0 aliphatic carbocycles. The molecule has 0 unspecified atom stereocenters. The van der Waals surface area contributed by atoms with Crippen molar-refractivity contribution in [1.82, 2.24) is 23.7 Å². The van der Waals surface area contributed by atoms with E-state index in [1.807, 2.05) is 0 Å². The Hall–Kier alpha value is -4.15. The van der Waals surface area contributed by atoms with Gasteiger partial charge in [0.05, 0.1) is 11.6 Å². The molecule has 0 N–H and O–H groups in total. The summed E-state index contributed by atoms with van der Waals surface area (Å²) in [4.78, 5) is 34.0. The van der Waals surface area contributed by atoms with Gasteiger partial charge in [-0.1, -0.05) is 41.4 Å². The van der Waals surface area contributed by atoms with Gasteiger partial charge in [-0.2, -0.15) is 4.98 Å². The monoisotopic (exact) mass is 541 g/mol. The lowest BCUT2D eigenvalue weighted by molar-refractivity contribution is 0.417. The summed E-state index contributed by atoms with van der Waals surface area (Å²) in [6, 6.07) is 14.2. The molecule has 3 heterocycles. The van der Waals surface area contributed by atoms with E-state index in [2.05, 4.69) is 9.97 Å². The fourth-order valence-electron chi connectivity index (χ4n) is 3.72. The molecule has 0 spiro atoms. The summed E-state index contributed by atoms with van der Waals surface area (Å²) in [5.41, 5.74) is -0.587. The van der Waals surface area contributed by atoms with Gasteiger partial charge in [-0.3, -0.25) is 18.5 Å². The molecule has 0 bridgehead atoms. The molecule has 0 amide bonds. The maximum atomic E-state index is 14.5. The fourth-order valence-corrected chi connectivity index (χ4v) is 4.14. The van der Waals surface area contributed by atoms with E-state index in [1.165, 1.54) is 41.6 Å². The van der Waals surface area contributed by atoms with Gasteiger partial charge in [0.25, 0.3) is 5.56 Å². The summed E-state index contributed by atoms with van der Waals surface area (Å²) in [5.74, 6) is 0.519. The predicted molar refractivity (Wildman–Crippen MR) is 137 cm³/mol. The zero-order valence-electron chi connectivity index (χ0n) is 19.5. The first-order valence-electron chi connectivity index (χ1n) is 10.9. The second-order valence-corrected chi connectivity index (χ2v) is 8.91. The Labute approximate surface area is 218 Å². The molecular weight excluding hydrogens is 524 g/mol. The molecule has 0 saturated carbocycles. The van der Waals surface area contributed by atoms with E-state index in [1.54, 1.807) is 42.5 Å². The number of fused-ring (bicyclic) bond motifs is 1. The Morgan fingerprint density at radius 3 is 2.30 bits per heavy atom. The van der Waals surface area contributed by atoms with Crippen LogP contribution in [0.5, 0.6) is 23.4 Å². The molecular formula is C25H18Cl2FN5O4. The number of halogens is 3. The maximum absolute atomic E-state index is 14.5. The van der Waals surface area contributed by atoms with Crippen molar-refractivity contribution in [3.63, 3.8) is 0 Å². The predicted octanol–water partition coefficient (Wildman–Crippen LogP) is 4.91. The molecule has 5 aromatic rings. The number of hydrogen-bond acceptors (Lipinski definition) is 6.